The number of hydrogen-bond donors (Lipinski definition) is 2. The van der Waals surface area contributed by atoms with Crippen LogP contribution in [-0.4, -0.2) is 41.7 Å². The van der Waals surface area contributed by atoms with E-state index in [4.69, 9.17) is 14.0 Å². The van der Waals surface area contributed by atoms with E-state index in [1.54, 1.807) is 13.0 Å². The molecule has 0 fully saturated rings. The molecule has 0 amide bonds. The first-order valence-corrected chi connectivity index (χ1v) is 13.9. The lowest BCUT2D eigenvalue weighted by molar-refractivity contribution is 0.233. The lowest BCUT2D eigenvalue weighted by atomic mass is 10.1. The van der Waals surface area contributed by atoms with Crippen LogP contribution in [0.4, 0.5) is 0 Å². The average molecular weight is 520 g/mol. The minimum Gasteiger partial charge on any atom is -0.493 e. The summed E-state index contributed by atoms with van der Waals surface area (Å²) < 4.78 is 65.5. The van der Waals surface area contributed by atoms with Crippen molar-refractivity contribution in [3.63, 3.8) is 0 Å². The summed E-state index contributed by atoms with van der Waals surface area (Å²) in [6.45, 7) is 4.01. The van der Waals surface area contributed by atoms with Gasteiger partial charge in [0.25, 0.3) is 0 Å². The second-order valence-electron chi connectivity index (χ2n) is 7.97. The van der Waals surface area contributed by atoms with Gasteiger partial charge in [-0.15, -0.1) is 0 Å². The topological polar surface area (TPSA) is 119 Å². The first kappa shape index (κ1) is 26.7. The van der Waals surface area contributed by atoms with Gasteiger partial charge in [0.2, 0.25) is 10.0 Å². The molecule has 3 aromatic carbocycles. The second kappa shape index (κ2) is 11.7. The van der Waals surface area contributed by atoms with Crippen molar-refractivity contribution >= 4 is 20.1 Å². The Kier molecular flexibility index (Phi) is 8.90. The van der Waals surface area contributed by atoms with Crippen LogP contribution in [0.2, 0.25) is 0 Å². The van der Waals surface area contributed by atoms with Gasteiger partial charge >= 0.3 is 10.1 Å². The Hall–Kier alpha value is -2.92. The average Bonchev–Trinajstić information content (AvgIpc) is 2.80. The number of sulfonamides is 1. The van der Waals surface area contributed by atoms with Crippen LogP contribution in [0, 0.1) is 13.8 Å². The molecule has 0 radical (unpaired) electrons. The van der Waals surface area contributed by atoms with Crippen LogP contribution in [-0.2, 0) is 26.6 Å². The molecular weight excluding hydrogens is 490 g/mol. The Morgan fingerprint density at radius 3 is 2.23 bits per heavy atom. The highest BCUT2D eigenvalue weighted by molar-refractivity contribution is 7.91. The minimum atomic E-state index is -4.48. The molecule has 188 valence electrons. The highest BCUT2D eigenvalue weighted by Gasteiger charge is 2.28. The van der Waals surface area contributed by atoms with E-state index >= 15 is 0 Å². The molecule has 0 bridgehead atoms. The first-order chi connectivity index (χ1) is 16.6. The molecule has 0 spiro atoms. The molecule has 8 nitrogen and oxygen atoms in total. The van der Waals surface area contributed by atoms with E-state index in [9.17, 15) is 16.8 Å². The molecule has 2 N–H and O–H groups in total. The Morgan fingerprint density at radius 1 is 0.857 bits per heavy atom. The van der Waals surface area contributed by atoms with E-state index in [2.05, 4.69) is 4.72 Å². The molecular formula is C25H29NO7S2. The molecule has 0 aromatic heterocycles. The monoisotopic (exact) mass is 519 g/mol. The Labute approximate surface area is 206 Å². The number of ether oxygens (including phenoxy) is 1. The number of aliphatic hydroxyl groups is 1. The van der Waals surface area contributed by atoms with E-state index in [-0.39, 0.29) is 25.5 Å². The van der Waals surface area contributed by atoms with Crippen molar-refractivity contribution in [1.82, 2.24) is 4.72 Å². The summed E-state index contributed by atoms with van der Waals surface area (Å²) in [5.41, 5.74) is 2.73. The summed E-state index contributed by atoms with van der Waals surface area (Å²) in [6.07, 6.45) is 0.879. The number of hydrogen-bond acceptors (Lipinski definition) is 7. The number of rotatable bonds is 12. The van der Waals surface area contributed by atoms with E-state index in [1.807, 2.05) is 31.2 Å². The van der Waals surface area contributed by atoms with E-state index in [0.29, 0.717) is 24.2 Å². The van der Waals surface area contributed by atoms with Crippen molar-refractivity contribution in [2.24, 2.45) is 0 Å². The highest BCUT2D eigenvalue weighted by Crippen LogP contribution is 2.28. The summed E-state index contributed by atoms with van der Waals surface area (Å²) in [4.78, 5) is -0.857. The van der Waals surface area contributed by atoms with Crippen LogP contribution >= 0.6 is 0 Å². The van der Waals surface area contributed by atoms with E-state index in [1.165, 1.54) is 36.4 Å². The van der Waals surface area contributed by atoms with Crippen LogP contribution in [0.15, 0.2) is 76.5 Å². The molecule has 0 saturated heterocycles. The van der Waals surface area contributed by atoms with Crippen LogP contribution < -0.4 is 13.6 Å². The summed E-state index contributed by atoms with van der Waals surface area (Å²) in [5.74, 6) is 0.367. The molecule has 0 saturated carbocycles. The zero-order chi connectivity index (χ0) is 25.5. The predicted molar refractivity (Wildman–Crippen MR) is 133 cm³/mol. The smallest absolute Gasteiger partial charge is 0.340 e. The van der Waals surface area contributed by atoms with Gasteiger partial charge in [0.1, 0.15) is 21.3 Å². The summed E-state index contributed by atoms with van der Waals surface area (Å²) in [6, 6.07) is 17.6. The maximum Gasteiger partial charge on any atom is 0.340 e. The number of benzene rings is 3. The van der Waals surface area contributed by atoms with Gasteiger partial charge in [0.05, 0.1) is 6.61 Å². The molecule has 3 aromatic rings. The quantitative estimate of drug-likeness (QED) is 0.278. The van der Waals surface area contributed by atoms with Crippen LogP contribution in [0.3, 0.4) is 0 Å². The predicted octanol–water partition coefficient (Wildman–Crippen LogP) is 3.35. The largest absolute Gasteiger partial charge is 0.493 e. The second-order valence-corrected chi connectivity index (χ2v) is 11.2. The van der Waals surface area contributed by atoms with Gasteiger partial charge in [-0.25, -0.2) is 13.1 Å². The number of nitrogens with one attached hydrogen (secondary N) is 1. The molecule has 0 aliphatic heterocycles. The molecule has 3 rings (SSSR count). The fourth-order valence-electron chi connectivity index (χ4n) is 3.44. The summed E-state index contributed by atoms with van der Waals surface area (Å²) in [7, 11) is -8.62. The molecule has 0 atom stereocenters. The highest BCUT2D eigenvalue weighted by atomic mass is 32.2. The summed E-state index contributed by atoms with van der Waals surface area (Å²) in [5, 5.41) is 8.91. The van der Waals surface area contributed by atoms with Crippen molar-refractivity contribution in [2.45, 2.75) is 36.5 Å². The van der Waals surface area contributed by atoms with Gasteiger partial charge in [0, 0.05) is 25.6 Å². The number of aryl methyl sites for hydroxylation is 2. The van der Waals surface area contributed by atoms with Crippen LogP contribution in [0.5, 0.6) is 11.5 Å². The van der Waals surface area contributed by atoms with Gasteiger partial charge in [0.15, 0.2) is 0 Å². The van der Waals surface area contributed by atoms with Gasteiger partial charge in [-0.3, -0.25) is 0 Å². The van der Waals surface area contributed by atoms with E-state index < -0.39 is 29.9 Å². The fourth-order valence-corrected chi connectivity index (χ4v) is 6.19. The Bertz CT molecular complexity index is 1370. The lowest BCUT2D eigenvalue weighted by Gasteiger charge is -2.14. The Morgan fingerprint density at radius 2 is 1.51 bits per heavy atom. The molecule has 35 heavy (non-hydrogen) atoms. The molecule has 0 aliphatic rings. The molecule has 0 heterocycles. The third-order valence-electron chi connectivity index (χ3n) is 5.16. The zero-order valence-corrected chi connectivity index (χ0v) is 21.2. The minimum absolute atomic E-state index is 0.0105. The van der Waals surface area contributed by atoms with Crippen molar-refractivity contribution in [2.75, 3.05) is 19.8 Å². The maximum atomic E-state index is 13.1. The van der Waals surface area contributed by atoms with Gasteiger partial charge in [-0.05, 0) is 61.2 Å². The normalized spacial score (nSPS) is 11.9. The van der Waals surface area contributed by atoms with E-state index in [0.717, 1.165) is 11.1 Å². The third-order valence-corrected chi connectivity index (χ3v) is 8.11. The van der Waals surface area contributed by atoms with Crippen molar-refractivity contribution in [3.05, 3.63) is 83.4 Å². The van der Waals surface area contributed by atoms with Crippen LogP contribution in [0.1, 0.15) is 23.1 Å². The number of aliphatic hydroxyl groups excluding tert-OH is 1. The van der Waals surface area contributed by atoms with Crippen molar-refractivity contribution < 1.29 is 30.9 Å². The summed E-state index contributed by atoms with van der Waals surface area (Å²) >= 11 is 0. The molecule has 10 heteroatoms. The first-order valence-electron chi connectivity index (χ1n) is 11.1. The van der Waals surface area contributed by atoms with Crippen molar-refractivity contribution in [1.29, 1.82) is 0 Å². The fraction of sp³-hybridized carbons (Fsp3) is 0.280. The van der Waals surface area contributed by atoms with Gasteiger partial charge in [-0.2, -0.15) is 8.42 Å². The zero-order valence-electron chi connectivity index (χ0n) is 19.6. The van der Waals surface area contributed by atoms with Gasteiger partial charge < -0.3 is 14.0 Å². The Balaban J connectivity index is 1.81. The van der Waals surface area contributed by atoms with Crippen molar-refractivity contribution in [3.8, 4) is 11.5 Å². The van der Waals surface area contributed by atoms with Crippen LogP contribution in [0.25, 0.3) is 0 Å². The maximum absolute atomic E-state index is 13.1. The molecule has 0 aliphatic carbocycles. The third kappa shape index (κ3) is 7.28. The lowest BCUT2D eigenvalue weighted by Crippen LogP contribution is -2.28. The standard InChI is InChI=1S/C25H29NO7S2/c1-19-16-22(32-15-7-14-27)18-23(17-19)33-35(30,31)25-11-6-5-10-24(25)34(28,29)26-13-12-21-9-4-3-8-20(21)2/h3-6,8-11,16-18,26-27H,7,12-15H2,1-2H3. The van der Waals surface area contributed by atoms with Gasteiger partial charge in [-0.1, -0.05) is 36.4 Å². The molecule has 0 unspecified atom stereocenters. The SMILES string of the molecule is Cc1cc(OCCCO)cc(OS(=O)(=O)c2ccccc2S(=O)(=O)NCCc2ccccc2C)c1.